The number of nitrogens with two attached hydrogens (primary N) is 2. The van der Waals surface area contributed by atoms with Crippen LogP contribution in [0.4, 0.5) is 0 Å². The SMILES string of the molecule is Cl.N[13CH2][13CH2][13CH2][13CH2][13C@@H](N)[13C](=O)O. The van der Waals surface area contributed by atoms with Crippen LogP contribution in [0.5, 0.6) is 0 Å². The summed E-state index contributed by atoms with van der Waals surface area (Å²) in [7, 11) is 0. The third kappa shape index (κ3) is 7.58. The van der Waals surface area contributed by atoms with Gasteiger partial charge in [0.05, 0.1) is 0 Å². The third-order valence-electron chi connectivity index (χ3n) is 1.29. The number of carboxylic acid groups (broad SMARTS) is 1. The number of aliphatic carboxylic acids is 1. The number of rotatable bonds is 5. The second-order valence-corrected chi connectivity index (χ2v) is 2.23. The molecule has 11 heavy (non-hydrogen) atoms. The van der Waals surface area contributed by atoms with E-state index in [4.69, 9.17) is 16.6 Å². The fourth-order valence-corrected chi connectivity index (χ4v) is 0.632. The van der Waals surface area contributed by atoms with Crippen LogP contribution in [0, 0.1) is 0 Å². The summed E-state index contributed by atoms with van der Waals surface area (Å²) in [5.74, 6) is -0.933. The maximum atomic E-state index is 10.1. The molecule has 0 saturated heterocycles. The highest BCUT2D eigenvalue weighted by molar-refractivity contribution is 5.85. The maximum Gasteiger partial charge on any atom is 0.320 e. The minimum absolute atomic E-state index is 0. The minimum atomic E-state index is -0.933. The van der Waals surface area contributed by atoms with Gasteiger partial charge in [0.25, 0.3) is 0 Å². The number of carbonyl (C=O) groups is 1. The van der Waals surface area contributed by atoms with E-state index >= 15 is 0 Å². The summed E-state index contributed by atoms with van der Waals surface area (Å²) >= 11 is 0. The zero-order chi connectivity index (χ0) is 7.98. The van der Waals surface area contributed by atoms with Gasteiger partial charge in [0.15, 0.2) is 0 Å². The second kappa shape index (κ2) is 7.78. The van der Waals surface area contributed by atoms with Crippen LogP contribution >= 0.6 is 12.4 Å². The Kier molecular flexibility index (Phi) is 9.40. The van der Waals surface area contributed by atoms with Crippen LogP contribution in [0.15, 0.2) is 0 Å². The Bertz CT molecular complexity index is 111. The monoisotopic (exact) mass is 188 g/mol. The Hall–Kier alpha value is -0.320. The van der Waals surface area contributed by atoms with E-state index in [-0.39, 0.29) is 12.4 Å². The molecule has 0 aromatic rings. The van der Waals surface area contributed by atoms with Gasteiger partial charge >= 0.3 is 5.97 Å². The first kappa shape index (κ1) is 13.3. The quantitative estimate of drug-likeness (QED) is 0.417. The zero-order valence-corrected chi connectivity index (χ0v) is 7.14. The minimum Gasteiger partial charge on any atom is -0.480 e. The summed E-state index contributed by atoms with van der Waals surface area (Å²) in [4.78, 5) is 10.1. The number of hydrogen-bond donors (Lipinski definition) is 3. The van der Waals surface area contributed by atoms with Crippen molar-refractivity contribution in [2.75, 3.05) is 6.54 Å². The summed E-state index contributed by atoms with van der Waals surface area (Å²) in [5.41, 5.74) is 10.4. The van der Waals surface area contributed by atoms with E-state index in [1.165, 1.54) is 0 Å². The van der Waals surface area contributed by atoms with Crippen LogP contribution in [-0.2, 0) is 4.79 Å². The normalized spacial score (nSPS) is 11.8. The van der Waals surface area contributed by atoms with Crippen LogP contribution in [-0.4, -0.2) is 23.7 Å². The molecule has 0 unspecified atom stereocenters. The van der Waals surface area contributed by atoms with Gasteiger partial charge < -0.3 is 16.6 Å². The second-order valence-electron chi connectivity index (χ2n) is 2.23. The zero-order valence-electron chi connectivity index (χ0n) is 6.32. The molecule has 1 atom stereocenters. The van der Waals surface area contributed by atoms with Crippen molar-refractivity contribution in [3.05, 3.63) is 0 Å². The van der Waals surface area contributed by atoms with Crippen LogP contribution in [0.3, 0.4) is 0 Å². The van der Waals surface area contributed by atoms with Crippen LogP contribution in [0.2, 0.25) is 0 Å². The van der Waals surface area contributed by atoms with Gasteiger partial charge in [0.2, 0.25) is 0 Å². The van der Waals surface area contributed by atoms with Gasteiger partial charge in [-0.15, -0.1) is 12.4 Å². The summed E-state index contributed by atoms with van der Waals surface area (Å²) < 4.78 is 0. The Labute approximate surface area is 72.4 Å². The van der Waals surface area contributed by atoms with Gasteiger partial charge in [-0.3, -0.25) is 4.79 Å². The van der Waals surface area contributed by atoms with Crippen molar-refractivity contribution in [1.29, 1.82) is 0 Å². The molecule has 0 heterocycles. The highest BCUT2D eigenvalue weighted by atomic mass is 35.5. The molecule has 0 aliphatic carbocycles. The van der Waals surface area contributed by atoms with Crippen molar-refractivity contribution in [3.63, 3.8) is 0 Å². The number of hydrogen-bond acceptors (Lipinski definition) is 3. The maximum absolute atomic E-state index is 10.1. The first-order valence-corrected chi connectivity index (χ1v) is 3.37. The van der Waals surface area contributed by atoms with E-state index < -0.39 is 12.0 Å². The standard InChI is InChI=1S/C6H14N2O2.ClH/c7-4-2-1-3-5(8)6(9)10;/h5H,1-4,7-8H2,(H,9,10);1H/t5-;/m1./s1/i1+1,2+1,3+1,4+1,5+1,6+1;. The number of carboxylic acids is 1. The van der Waals surface area contributed by atoms with Gasteiger partial charge in [-0.05, 0) is 19.4 Å². The molecule has 4 nitrogen and oxygen atoms in total. The lowest BCUT2D eigenvalue weighted by Crippen LogP contribution is -2.29. The molecule has 0 bridgehead atoms. The lowest BCUT2D eigenvalue weighted by atomic mass is 11.1. The molecule has 68 valence electrons. The van der Waals surface area contributed by atoms with Crippen molar-refractivity contribution in [1.82, 2.24) is 0 Å². The Morgan fingerprint density at radius 3 is 2.36 bits per heavy atom. The topological polar surface area (TPSA) is 89.3 Å². The molecule has 0 saturated carbocycles. The molecule has 5 N–H and O–H groups in total. The average molecular weight is 189 g/mol. The lowest BCUT2D eigenvalue weighted by molar-refractivity contribution is -0.138. The fraction of sp³-hybridized carbons (Fsp3) is 0.833. The van der Waals surface area contributed by atoms with Crippen molar-refractivity contribution in [2.24, 2.45) is 11.5 Å². The summed E-state index contributed by atoms with van der Waals surface area (Å²) in [6, 6.07) is -0.716. The van der Waals surface area contributed by atoms with Crippen LogP contribution < -0.4 is 11.5 Å². The molecule has 0 rings (SSSR count). The Morgan fingerprint density at radius 2 is 2.00 bits per heavy atom. The molecule has 5 heteroatoms. The van der Waals surface area contributed by atoms with E-state index in [1.807, 2.05) is 0 Å². The summed E-state index contributed by atoms with van der Waals surface area (Å²) in [6.45, 7) is 0.604. The summed E-state index contributed by atoms with van der Waals surface area (Å²) in [5, 5.41) is 8.33. The molecular weight excluding hydrogens is 173 g/mol. The first-order chi connectivity index (χ1) is 4.68. The van der Waals surface area contributed by atoms with Crippen molar-refractivity contribution >= 4 is 18.4 Å². The molecule has 0 aliphatic heterocycles. The molecule has 0 spiro atoms. The van der Waals surface area contributed by atoms with Gasteiger partial charge in [0.1, 0.15) is 6.04 Å². The number of halogens is 1. The van der Waals surface area contributed by atoms with Gasteiger partial charge in [0, 0.05) is 0 Å². The Morgan fingerprint density at radius 1 is 1.45 bits per heavy atom. The number of unbranched alkanes of at least 4 members (excludes halogenated alkanes) is 1. The molecule has 0 aromatic carbocycles. The van der Waals surface area contributed by atoms with Gasteiger partial charge in [-0.2, -0.15) is 0 Å². The van der Waals surface area contributed by atoms with Gasteiger partial charge in [-0.25, -0.2) is 0 Å². The van der Waals surface area contributed by atoms with E-state index in [0.717, 1.165) is 12.8 Å². The fourth-order valence-electron chi connectivity index (χ4n) is 0.632. The van der Waals surface area contributed by atoms with E-state index in [2.05, 4.69) is 0 Å². The lowest BCUT2D eigenvalue weighted by Gasteiger charge is -2.03. The van der Waals surface area contributed by atoms with Crippen molar-refractivity contribution < 1.29 is 9.90 Å². The predicted octanol–water partition coefficient (Wildman–Crippen LogP) is -0.0509. The average Bonchev–Trinajstić information content (AvgIpc) is 1.88. The van der Waals surface area contributed by atoms with Crippen molar-refractivity contribution in [2.45, 2.75) is 25.3 Å². The molecule has 0 fully saturated rings. The van der Waals surface area contributed by atoms with E-state index in [1.54, 1.807) is 0 Å². The molecule has 0 amide bonds. The van der Waals surface area contributed by atoms with E-state index in [0.29, 0.717) is 13.0 Å². The molecule has 0 aliphatic rings. The van der Waals surface area contributed by atoms with Crippen molar-refractivity contribution in [3.8, 4) is 0 Å². The largest absolute Gasteiger partial charge is 0.480 e. The molecule has 0 radical (unpaired) electrons. The first-order valence-electron chi connectivity index (χ1n) is 3.37. The van der Waals surface area contributed by atoms with E-state index in [9.17, 15) is 4.79 Å². The predicted molar refractivity (Wildman–Crippen MR) is 45.8 cm³/mol. The van der Waals surface area contributed by atoms with Crippen LogP contribution in [0.1, 0.15) is 19.3 Å². The highest BCUT2D eigenvalue weighted by Gasteiger charge is 2.09. The van der Waals surface area contributed by atoms with Gasteiger partial charge in [-0.1, -0.05) is 6.42 Å². The van der Waals surface area contributed by atoms with Crippen LogP contribution in [0.25, 0.3) is 0 Å². The Balaban J connectivity index is 0. The molecular formula is C6H15ClN2O2. The highest BCUT2D eigenvalue weighted by Crippen LogP contribution is 1.96. The molecule has 0 aromatic heterocycles. The smallest absolute Gasteiger partial charge is 0.320 e. The third-order valence-corrected chi connectivity index (χ3v) is 1.29. The summed E-state index contributed by atoms with van der Waals surface area (Å²) in [6.07, 6.45) is 2.16.